The summed E-state index contributed by atoms with van der Waals surface area (Å²) in [4.78, 5) is 40.0. The van der Waals surface area contributed by atoms with Crippen molar-refractivity contribution in [1.29, 1.82) is 0 Å². The van der Waals surface area contributed by atoms with Crippen LogP contribution in [0.4, 0.5) is 9.59 Å². The summed E-state index contributed by atoms with van der Waals surface area (Å²) in [7, 11) is -4.84. The van der Waals surface area contributed by atoms with Gasteiger partial charge in [0.15, 0.2) is 0 Å². The van der Waals surface area contributed by atoms with Crippen molar-refractivity contribution in [2.24, 2.45) is 0 Å². The molecule has 0 aliphatic carbocycles. The van der Waals surface area contributed by atoms with E-state index in [0.717, 1.165) is 0 Å². The average Bonchev–Trinajstić information content (AvgIpc) is 2.84. The van der Waals surface area contributed by atoms with Gasteiger partial charge in [0.1, 0.15) is 11.6 Å². The van der Waals surface area contributed by atoms with Crippen LogP contribution in [0.5, 0.6) is 0 Å². The lowest BCUT2D eigenvalue weighted by Crippen LogP contribution is -2.59. The van der Waals surface area contributed by atoms with Crippen molar-refractivity contribution in [2.75, 3.05) is 32.7 Å². The second-order valence-corrected chi connectivity index (χ2v) is 9.44. The van der Waals surface area contributed by atoms with Gasteiger partial charge in [0.2, 0.25) is 0 Å². The largest absolute Gasteiger partial charge is 0.444 e. The minimum Gasteiger partial charge on any atom is -0.444 e. The Morgan fingerprint density at radius 3 is 2.33 bits per heavy atom. The van der Waals surface area contributed by atoms with E-state index in [2.05, 4.69) is 9.71 Å². The first-order valence-corrected chi connectivity index (χ1v) is 11.0. The Hall–Kier alpha value is -2.16. The van der Waals surface area contributed by atoms with Gasteiger partial charge in [0.25, 0.3) is 5.91 Å². The van der Waals surface area contributed by atoms with Crippen LogP contribution in [0.3, 0.4) is 0 Å². The van der Waals surface area contributed by atoms with Crippen molar-refractivity contribution in [2.45, 2.75) is 51.3 Å². The highest BCUT2D eigenvalue weighted by molar-refractivity contribution is 7.80. The first-order chi connectivity index (χ1) is 13.8. The zero-order chi connectivity index (χ0) is 22.3. The zero-order valence-corrected chi connectivity index (χ0v) is 17.9. The van der Waals surface area contributed by atoms with E-state index in [1.165, 1.54) is 4.90 Å². The van der Waals surface area contributed by atoms with Crippen LogP contribution >= 0.6 is 0 Å². The Morgan fingerprint density at radius 1 is 1.13 bits per heavy atom. The summed E-state index contributed by atoms with van der Waals surface area (Å²) < 4.78 is 40.4. The summed E-state index contributed by atoms with van der Waals surface area (Å²) in [5.41, 5.74) is 2.17. The Labute approximate surface area is 174 Å². The number of piperidine rings is 1. The number of amides is 4. The minimum atomic E-state index is -4.84. The maximum atomic E-state index is 12.7. The van der Waals surface area contributed by atoms with Gasteiger partial charge in [-0.1, -0.05) is 0 Å². The van der Waals surface area contributed by atoms with Crippen molar-refractivity contribution in [3.05, 3.63) is 0 Å². The molecule has 2 bridgehead atoms. The molecule has 4 amide bonds. The minimum absolute atomic E-state index is 0.124. The first kappa shape index (κ1) is 22.5. The number of rotatable bonds is 4. The first-order valence-electron chi connectivity index (χ1n) is 9.64. The summed E-state index contributed by atoms with van der Waals surface area (Å²) in [5, 5.41) is 2.27. The van der Waals surface area contributed by atoms with Crippen LogP contribution in [0.1, 0.15) is 33.6 Å². The molecule has 3 heterocycles. The molecule has 3 aliphatic heterocycles. The molecular weight excluding hydrogens is 422 g/mol. The fourth-order valence-electron chi connectivity index (χ4n) is 3.66. The van der Waals surface area contributed by atoms with Crippen LogP contribution in [-0.2, 0) is 24.2 Å². The maximum absolute atomic E-state index is 12.7. The number of nitrogens with zero attached hydrogens (tertiary/aromatic N) is 4. The fourth-order valence-corrected chi connectivity index (χ4v) is 4.05. The molecule has 3 rings (SSSR count). The second-order valence-electron chi connectivity index (χ2n) is 8.44. The number of urea groups is 1. The predicted octanol–water partition coefficient (Wildman–Crippen LogP) is -0.427. The maximum Gasteiger partial charge on any atom is 0.418 e. The monoisotopic (exact) mass is 449 g/mol. The van der Waals surface area contributed by atoms with E-state index >= 15 is 0 Å². The molecule has 2 N–H and O–H groups in total. The molecule has 0 aromatic rings. The molecule has 0 unspecified atom stereocenters. The van der Waals surface area contributed by atoms with Crippen LogP contribution in [0.25, 0.3) is 0 Å². The van der Waals surface area contributed by atoms with Crippen LogP contribution in [0.15, 0.2) is 0 Å². The van der Waals surface area contributed by atoms with Crippen molar-refractivity contribution < 1.29 is 36.4 Å². The quantitative estimate of drug-likeness (QED) is 0.545. The molecule has 0 radical (unpaired) electrons. The number of carbonyl (C=O) groups excluding carboxylic acids is 3. The van der Waals surface area contributed by atoms with E-state index in [4.69, 9.17) is 9.29 Å². The summed E-state index contributed by atoms with van der Waals surface area (Å²) >= 11 is 0. The van der Waals surface area contributed by atoms with E-state index in [9.17, 15) is 22.8 Å². The van der Waals surface area contributed by atoms with Gasteiger partial charge in [-0.2, -0.15) is 13.5 Å². The number of hydrogen-bond acceptors (Lipinski definition) is 8. The predicted molar refractivity (Wildman–Crippen MR) is 101 cm³/mol. The highest BCUT2D eigenvalue weighted by atomic mass is 32.3. The zero-order valence-electron chi connectivity index (χ0n) is 17.1. The van der Waals surface area contributed by atoms with E-state index in [-0.39, 0.29) is 6.54 Å². The van der Waals surface area contributed by atoms with Crippen molar-refractivity contribution in [3.63, 3.8) is 0 Å². The average molecular weight is 449 g/mol. The smallest absolute Gasteiger partial charge is 0.418 e. The molecule has 30 heavy (non-hydrogen) atoms. The molecule has 3 aliphatic rings. The number of nitrogens with one attached hydrogen (secondary N) is 1. The van der Waals surface area contributed by atoms with Gasteiger partial charge in [0.05, 0.1) is 6.04 Å². The highest BCUT2D eigenvalue weighted by Crippen LogP contribution is 2.30. The molecule has 2 atom stereocenters. The standard InChI is InChI=1S/C16H27N5O8S/c1-16(2,3)28-15(24)18-6-8-19(9-7-18)17-13(22)12-5-4-11-10-20(12)14(23)21(11)29-30(25,26)27/h11-12H,4-10H2,1-3H3,(H,17,22)(H,25,26,27)/t11-,12+/m1/s1. The van der Waals surface area contributed by atoms with E-state index in [1.54, 1.807) is 30.7 Å². The summed E-state index contributed by atoms with van der Waals surface area (Å²) in [6, 6.07) is -2.13. The topological polar surface area (TPSA) is 149 Å². The van der Waals surface area contributed by atoms with Crippen LogP contribution in [-0.4, -0.2) is 101 Å². The van der Waals surface area contributed by atoms with E-state index < -0.39 is 46.1 Å². The summed E-state index contributed by atoms with van der Waals surface area (Å²) in [5.74, 6) is -0.402. The van der Waals surface area contributed by atoms with Gasteiger partial charge < -0.3 is 14.5 Å². The Balaban J connectivity index is 1.52. The van der Waals surface area contributed by atoms with Gasteiger partial charge in [-0.15, -0.1) is 4.28 Å². The number of piperazine rings is 1. The third kappa shape index (κ3) is 5.30. The lowest BCUT2D eigenvalue weighted by atomic mass is 10.0. The van der Waals surface area contributed by atoms with E-state index in [1.807, 2.05) is 0 Å². The van der Waals surface area contributed by atoms with E-state index in [0.29, 0.717) is 44.1 Å². The lowest BCUT2D eigenvalue weighted by molar-refractivity contribution is -0.131. The Bertz CT molecular complexity index is 805. The number of hydrogen-bond donors (Lipinski definition) is 2. The normalized spacial score (nSPS) is 25.5. The Morgan fingerprint density at radius 2 is 1.77 bits per heavy atom. The SMILES string of the molecule is CC(C)(C)OC(=O)N1CCN(NC(=O)[C@@H]2CC[C@@H]3CN2C(=O)N3OS(=O)(=O)O)CC1. The third-order valence-electron chi connectivity index (χ3n) is 5.00. The molecule has 14 heteroatoms. The number of hydroxylamine groups is 2. The van der Waals surface area contributed by atoms with Crippen LogP contribution in [0, 0.1) is 0 Å². The van der Waals surface area contributed by atoms with Crippen LogP contribution < -0.4 is 5.43 Å². The molecule has 0 aromatic heterocycles. The number of hydrazine groups is 1. The van der Waals surface area contributed by atoms with Gasteiger partial charge >= 0.3 is 22.5 Å². The summed E-state index contributed by atoms with van der Waals surface area (Å²) in [6.07, 6.45) is 0.265. The molecule has 13 nitrogen and oxygen atoms in total. The van der Waals surface area contributed by atoms with Gasteiger partial charge in [-0.25, -0.2) is 14.6 Å². The number of ether oxygens (including phenoxy) is 1. The molecule has 0 saturated carbocycles. The van der Waals surface area contributed by atoms with Crippen LogP contribution in [0.2, 0.25) is 0 Å². The van der Waals surface area contributed by atoms with Gasteiger partial charge in [-0.05, 0) is 33.6 Å². The van der Waals surface area contributed by atoms with Crippen molar-refractivity contribution in [1.82, 2.24) is 25.3 Å². The third-order valence-corrected chi connectivity index (χ3v) is 5.35. The number of carbonyl (C=O) groups is 3. The number of fused-ring (bicyclic) bond motifs is 2. The molecule has 0 aromatic carbocycles. The second kappa shape index (κ2) is 8.17. The molecule has 3 fully saturated rings. The van der Waals surface area contributed by atoms with Crippen molar-refractivity contribution >= 4 is 28.4 Å². The molecule has 3 saturated heterocycles. The summed E-state index contributed by atoms with van der Waals surface area (Å²) in [6.45, 7) is 7.03. The van der Waals surface area contributed by atoms with Gasteiger partial charge in [0, 0.05) is 32.7 Å². The Kier molecular flexibility index (Phi) is 6.13. The molecule has 170 valence electrons. The lowest BCUT2D eigenvalue weighted by Gasteiger charge is -2.37. The fraction of sp³-hybridized carbons (Fsp3) is 0.812. The van der Waals surface area contributed by atoms with Gasteiger partial charge in [-0.3, -0.25) is 14.8 Å². The molecular formula is C16H27N5O8S. The highest BCUT2D eigenvalue weighted by Gasteiger charge is 2.49. The van der Waals surface area contributed by atoms with Crippen molar-refractivity contribution in [3.8, 4) is 0 Å². The molecule has 0 spiro atoms.